The van der Waals surface area contributed by atoms with Crippen molar-refractivity contribution < 1.29 is 30.1 Å². The fraction of sp³-hybridized carbons (Fsp3) is 0.333. The molecule has 6 heteroatoms. The molecule has 0 N–H and O–H groups in total. The molecule has 0 amide bonds. The number of hydrogen-bond acceptors (Lipinski definition) is 3. The molecule has 0 spiro atoms. The molecule has 0 aromatic heterocycles. The molecule has 0 atom stereocenters. The van der Waals surface area contributed by atoms with Crippen molar-refractivity contribution >= 4 is 29.7 Å². The quantitative estimate of drug-likeness (QED) is 0.352. The van der Waals surface area contributed by atoms with Gasteiger partial charge < -0.3 is 9.05 Å². The average Bonchev–Trinajstić information content (AvgIpc) is 1.97. The first-order valence-electron chi connectivity index (χ1n) is 2.96. The normalized spacial score (nSPS) is 10.1. The predicted octanol–water partition coefficient (Wildman–Crippen LogP) is 2.54. The maximum Gasteiger partial charge on any atom is 0.244 e. The van der Waals surface area contributed by atoms with Crippen LogP contribution in [0.15, 0.2) is 25.3 Å². The SMILES string of the molecule is C=CCOP(=S)(S)OCC=C.[Mo]. The first-order chi connectivity index (χ1) is 5.12. The predicted molar refractivity (Wildman–Crippen MR) is 55.6 cm³/mol. The minimum atomic E-state index is -2.34. The molecule has 70 valence electrons. The summed E-state index contributed by atoms with van der Waals surface area (Å²) in [5.74, 6) is 0. The number of rotatable bonds is 6. The van der Waals surface area contributed by atoms with Crippen molar-refractivity contribution in [2.24, 2.45) is 0 Å². The molecule has 0 aromatic rings. The molecule has 0 saturated carbocycles. The molecular weight excluding hydrogens is 295 g/mol. The average molecular weight is 306 g/mol. The van der Waals surface area contributed by atoms with Gasteiger partial charge in [0.25, 0.3) is 0 Å². The van der Waals surface area contributed by atoms with Gasteiger partial charge in [0, 0.05) is 21.1 Å². The van der Waals surface area contributed by atoms with Gasteiger partial charge in [-0.3, -0.25) is 0 Å². The minimum absolute atomic E-state index is 0. The molecular formula is C6H11MoO2PS2. The standard InChI is InChI=1S/C6H11O2PS2.Mo/c1-3-5-7-9(10,11)8-6-4-2;/h3-4H,1-2,5-6H2,(H,10,11);. The fourth-order valence-electron chi connectivity index (χ4n) is 0.331. The first kappa shape index (κ1) is 15.6. The van der Waals surface area contributed by atoms with Crippen molar-refractivity contribution in [1.82, 2.24) is 0 Å². The number of thiol groups is 1. The summed E-state index contributed by atoms with van der Waals surface area (Å²) in [6, 6.07) is 0. The van der Waals surface area contributed by atoms with Crippen LogP contribution in [0.2, 0.25) is 0 Å². The molecule has 0 heterocycles. The molecule has 2 nitrogen and oxygen atoms in total. The van der Waals surface area contributed by atoms with Crippen molar-refractivity contribution in [2.45, 2.75) is 0 Å². The van der Waals surface area contributed by atoms with Crippen LogP contribution in [0.25, 0.3) is 0 Å². The van der Waals surface area contributed by atoms with E-state index < -0.39 is 5.69 Å². The summed E-state index contributed by atoms with van der Waals surface area (Å²) in [5.41, 5.74) is -2.34. The third-order valence-electron chi connectivity index (χ3n) is 0.711. The van der Waals surface area contributed by atoms with Gasteiger partial charge in [-0.2, -0.15) is 0 Å². The largest absolute Gasteiger partial charge is 0.318 e. The van der Waals surface area contributed by atoms with E-state index >= 15 is 0 Å². The molecule has 0 unspecified atom stereocenters. The Morgan fingerprint density at radius 2 is 1.58 bits per heavy atom. The summed E-state index contributed by atoms with van der Waals surface area (Å²) in [4.78, 5) is 0. The van der Waals surface area contributed by atoms with Gasteiger partial charge in [-0.25, -0.2) is 0 Å². The van der Waals surface area contributed by atoms with Crippen molar-refractivity contribution in [3.63, 3.8) is 0 Å². The second-order valence-corrected chi connectivity index (χ2v) is 6.92. The van der Waals surface area contributed by atoms with E-state index in [9.17, 15) is 0 Å². The van der Waals surface area contributed by atoms with Gasteiger partial charge in [0.05, 0.1) is 13.2 Å². The van der Waals surface area contributed by atoms with Crippen LogP contribution in [0.1, 0.15) is 0 Å². The Labute approximate surface area is 98.0 Å². The minimum Gasteiger partial charge on any atom is -0.318 e. The maximum atomic E-state index is 5.08. The smallest absolute Gasteiger partial charge is 0.244 e. The zero-order chi connectivity index (χ0) is 8.74. The Morgan fingerprint density at radius 3 is 1.83 bits per heavy atom. The zero-order valence-corrected chi connectivity index (χ0v) is 11.1. The van der Waals surface area contributed by atoms with Crippen LogP contribution in [0.4, 0.5) is 0 Å². The second kappa shape index (κ2) is 8.68. The van der Waals surface area contributed by atoms with Gasteiger partial charge in [0.1, 0.15) is 0 Å². The van der Waals surface area contributed by atoms with Crippen LogP contribution in [0.3, 0.4) is 0 Å². The van der Waals surface area contributed by atoms with Crippen molar-refractivity contribution in [2.75, 3.05) is 13.2 Å². The van der Waals surface area contributed by atoms with Crippen LogP contribution < -0.4 is 0 Å². The Kier molecular flexibility index (Phi) is 11.2. The van der Waals surface area contributed by atoms with Crippen LogP contribution >= 0.6 is 17.9 Å². The molecule has 0 bridgehead atoms. The summed E-state index contributed by atoms with van der Waals surface area (Å²) in [7, 11) is 0. The van der Waals surface area contributed by atoms with Gasteiger partial charge in [-0.15, -0.1) is 13.2 Å². The summed E-state index contributed by atoms with van der Waals surface area (Å²) >= 11 is 8.95. The van der Waals surface area contributed by atoms with Crippen LogP contribution in [-0.4, -0.2) is 13.2 Å². The molecule has 0 saturated heterocycles. The van der Waals surface area contributed by atoms with Crippen molar-refractivity contribution in [3.05, 3.63) is 25.3 Å². The van der Waals surface area contributed by atoms with E-state index in [0.29, 0.717) is 13.2 Å². The summed E-state index contributed by atoms with van der Waals surface area (Å²) in [6.45, 7) is 7.71. The molecule has 0 aliphatic heterocycles. The van der Waals surface area contributed by atoms with E-state index in [2.05, 4.69) is 25.4 Å². The molecule has 0 aromatic carbocycles. The molecule has 12 heavy (non-hydrogen) atoms. The van der Waals surface area contributed by atoms with E-state index in [0.717, 1.165) is 0 Å². The van der Waals surface area contributed by atoms with E-state index in [-0.39, 0.29) is 21.1 Å². The second-order valence-electron chi connectivity index (χ2n) is 1.64. The fourth-order valence-corrected chi connectivity index (χ4v) is 1.76. The Bertz CT molecular complexity index is 170. The van der Waals surface area contributed by atoms with Gasteiger partial charge in [0.2, 0.25) is 5.69 Å². The molecule has 0 aliphatic carbocycles. The van der Waals surface area contributed by atoms with E-state index in [1.807, 2.05) is 0 Å². The van der Waals surface area contributed by atoms with Crippen molar-refractivity contribution in [3.8, 4) is 0 Å². The monoisotopic (exact) mass is 308 g/mol. The Morgan fingerprint density at radius 1 is 1.25 bits per heavy atom. The van der Waals surface area contributed by atoms with Crippen LogP contribution in [0, 0.1) is 0 Å². The molecule has 0 fully saturated rings. The third-order valence-corrected chi connectivity index (χ3v) is 2.99. The summed E-state index contributed by atoms with van der Waals surface area (Å²) in [6.07, 6.45) is 3.21. The van der Waals surface area contributed by atoms with E-state index in [1.165, 1.54) is 0 Å². The molecule has 0 radical (unpaired) electrons. The topological polar surface area (TPSA) is 18.5 Å². The van der Waals surface area contributed by atoms with E-state index in [1.54, 1.807) is 12.2 Å². The Balaban J connectivity index is 0. The van der Waals surface area contributed by atoms with Crippen LogP contribution in [0.5, 0.6) is 0 Å². The van der Waals surface area contributed by atoms with E-state index in [4.69, 9.17) is 20.9 Å². The third kappa shape index (κ3) is 9.18. The van der Waals surface area contributed by atoms with Gasteiger partial charge in [-0.1, -0.05) is 24.4 Å². The first-order valence-corrected chi connectivity index (χ1v) is 6.75. The summed E-state index contributed by atoms with van der Waals surface area (Å²) < 4.78 is 10.2. The van der Waals surface area contributed by atoms with Gasteiger partial charge >= 0.3 is 0 Å². The van der Waals surface area contributed by atoms with Gasteiger partial charge in [0.15, 0.2) is 0 Å². The Hall–Kier alpha value is 1.09. The van der Waals surface area contributed by atoms with Gasteiger partial charge in [-0.05, 0) is 11.8 Å². The molecule has 0 rings (SSSR count). The zero-order valence-electron chi connectivity index (χ0n) is 6.51. The summed E-state index contributed by atoms with van der Waals surface area (Å²) in [5, 5.41) is 0. The molecule has 0 aliphatic rings. The van der Waals surface area contributed by atoms with Crippen molar-refractivity contribution in [1.29, 1.82) is 0 Å². The maximum absolute atomic E-state index is 5.08. The number of hydrogen-bond donors (Lipinski definition) is 1. The van der Waals surface area contributed by atoms with Crippen LogP contribution in [-0.2, 0) is 41.9 Å².